The number of para-hydroxylation sites is 1. The molecule has 2 aromatic carbocycles. The lowest BCUT2D eigenvalue weighted by Gasteiger charge is -2.07. The molecule has 0 radical (unpaired) electrons. The second-order valence-electron chi connectivity index (χ2n) is 6.41. The third-order valence-corrected chi connectivity index (χ3v) is 4.82. The maximum Gasteiger partial charge on any atom is 0.315 e. The van der Waals surface area contributed by atoms with Crippen LogP contribution in [0.25, 0.3) is 5.69 Å². The fraction of sp³-hybridized carbons (Fsp3) is 0.190. The van der Waals surface area contributed by atoms with E-state index < -0.39 is 0 Å². The van der Waals surface area contributed by atoms with Crippen molar-refractivity contribution in [1.29, 1.82) is 5.26 Å². The fourth-order valence-electron chi connectivity index (χ4n) is 2.89. The van der Waals surface area contributed by atoms with Gasteiger partial charge in [0.15, 0.2) is 0 Å². The van der Waals surface area contributed by atoms with Crippen LogP contribution in [0.15, 0.2) is 59.1 Å². The Labute approximate surface area is 177 Å². The number of nitrogens with two attached hydrogens (primary N) is 1. The van der Waals surface area contributed by atoms with Gasteiger partial charge in [-0.05, 0) is 42.7 Å². The molecule has 3 aromatic rings. The molecule has 0 unspecified atom stereocenters. The summed E-state index contributed by atoms with van der Waals surface area (Å²) in [6, 6.07) is 19.1. The van der Waals surface area contributed by atoms with E-state index >= 15 is 0 Å². The van der Waals surface area contributed by atoms with Crippen molar-refractivity contribution in [2.45, 2.75) is 19.4 Å². The van der Waals surface area contributed by atoms with E-state index in [2.05, 4.69) is 37.7 Å². The molecule has 0 fully saturated rings. The molecule has 29 heavy (non-hydrogen) atoms. The lowest BCUT2D eigenvalue weighted by molar-refractivity contribution is 0.240. The molecule has 3 rings (SSSR count). The highest BCUT2D eigenvalue weighted by atomic mass is 79.9. The van der Waals surface area contributed by atoms with Gasteiger partial charge in [0.1, 0.15) is 17.5 Å². The number of nitrogens with zero attached hydrogens (tertiary/aromatic N) is 3. The quantitative estimate of drug-likeness (QED) is 0.476. The van der Waals surface area contributed by atoms with Gasteiger partial charge < -0.3 is 16.4 Å². The number of hydrogen-bond acceptors (Lipinski definition) is 4. The Bertz CT molecular complexity index is 1030. The molecule has 0 saturated heterocycles. The van der Waals surface area contributed by atoms with Crippen molar-refractivity contribution >= 4 is 27.8 Å². The summed E-state index contributed by atoms with van der Waals surface area (Å²) in [5.41, 5.74) is 8.92. The van der Waals surface area contributed by atoms with Crippen LogP contribution in [0.2, 0.25) is 0 Å². The Balaban J connectivity index is 1.50. The van der Waals surface area contributed by atoms with Gasteiger partial charge in [0.25, 0.3) is 0 Å². The minimum Gasteiger partial charge on any atom is -0.382 e. The molecule has 0 aliphatic heterocycles. The molecule has 1 aromatic heterocycles. The smallest absolute Gasteiger partial charge is 0.315 e. The minimum absolute atomic E-state index is 0.236. The monoisotopic (exact) mass is 452 g/mol. The van der Waals surface area contributed by atoms with Crippen LogP contribution in [0.3, 0.4) is 0 Å². The van der Waals surface area contributed by atoms with Gasteiger partial charge in [-0.15, -0.1) is 0 Å². The first-order valence-electron chi connectivity index (χ1n) is 9.17. The average molecular weight is 453 g/mol. The number of amides is 2. The zero-order valence-corrected chi connectivity index (χ0v) is 17.3. The standard InChI is InChI=1S/C21H21BrN6O/c22-16-7-4-6-15(12-16)14-26-21(29)25-11-5-10-19-18(13-23)20(24)28(27-19)17-8-2-1-3-9-17/h1-4,6-9,12H,5,10-11,14,24H2,(H2,25,26,29). The van der Waals surface area contributed by atoms with Crippen molar-refractivity contribution in [2.24, 2.45) is 0 Å². The van der Waals surface area contributed by atoms with Gasteiger partial charge in [-0.2, -0.15) is 10.4 Å². The largest absolute Gasteiger partial charge is 0.382 e. The second kappa shape index (κ2) is 9.75. The number of nitriles is 1. The van der Waals surface area contributed by atoms with Crippen molar-refractivity contribution in [3.05, 3.63) is 75.9 Å². The first-order chi connectivity index (χ1) is 14.1. The molecule has 148 valence electrons. The number of rotatable bonds is 7. The highest BCUT2D eigenvalue weighted by Crippen LogP contribution is 2.21. The van der Waals surface area contributed by atoms with Gasteiger partial charge >= 0.3 is 6.03 Å². The van der Waals surface area contributed by atoms with Gasteiger partial charge in [0.2, 0.25) is 0 Å². The first-order valence-corrected chi connectivity index (χ1v) is 9.97. The Morgan fingerprint density at radius 3 is 2.69 bits per heavy atom. The van der Waals surface area contributed by atoms with E-state index in [-0.39, 0.29) is 6.03 Å². The summed E-state index contributed by atoms with van der Waals surface area (Å²) >= 11 is 3.41. The van der Waals surface area contributed by atoms with Gasteiger partial charge in [0, 0.05) is 17.6 Å². The lowest BCUT2D eigenvalue weighted by Crippen LogP contribution is -2.35. The topological polar surface area (TPSA) is 109 Å². The van der Waals surface area contributed by atoms with E-state index in [9.17, 15) is 10.1 Å². The average Bonchev–Trinajstić information content (AvgIpc) is 3.05. The van der Waals surface area contributed by atoms with Crippen LogP contribution in [0.4, 0.5) is 10.6 Å². The summed E-state index contributed by atoms with van der Waals surface area (Å²) < 4.78 is 2.55. The zero-order valence-electron chi connectivity index (χ0n) is 15.7. The number of carbonyl (C=O) groups excluding carboxylic acids is 1. The number of hydrogen-bond donors (Lipinski definition) is 3. The number of carbonyl (C=O) groups is 1. The van der Waals surface area contributed by atoms with Gasteiger partial charge in [-0.1, -0.05) is 46.3 Å². The predicted molar refractivity (Wildman–Crippen MR) is 115 cm³/mol. The summed E-state index contributed by atoms with van der Waals surface area (Å²) in [6.45, 7) is 0.912. The molecule has 0 aliphatic rings. The zero-order chi connectivity index (χ0) is 20.6. The van der Waals surface area contributed by atoms with Crippen LogP contribution >= 0.6 is 15.9 Å². The van der Waals surface area contributed by atoms with E-state index in [1.54, 1.807) is 4.68 Å². The fourth-order valence-corrected chi connectivity index (χ4v) is 3.34. The number of urea groups is 1. The van der Waals surface area contributed by atoms with E-state index in [0.717, 1.165) is 15.7 Å². The molecule has 0 bridgehead atoms. The second-order valence-corrected chi connectivity index (χ2v) is 7.32. The number of aromatic nitrogens is 2. The van der Waals surface area contributed by atoms with Gasteiger partial charge in [0.05, 0.1) is 11.4 Å². The first kappa shape index (κ1) is 20.4. The number of halogens is 1. The van der Waals surface area contributed by atoms with Crippen LogP contribution in [0.5, 0.6) is 0 Å². The summed E-state index contributed by atoms with van der Waals surface area (Å²) in [4.78, 5) is 12.0. The third-order valence-electron chi connectivity index (χ3n) is 4.32. The predicted octanol–water partition coefficient (Wildman–Crippen LogP) is 3.52. The molecule has 0 atom stereocenters. The third kappa shape index (κ3) is 5.36. The maximum absolute atomic E-state index is 12.0. The molecular formula is C21H21BrN6O. The number of nitrogen functional groups attached to an aromatic ring is 1. The Morgan fingerprint density at radius 1 is 1.17 bits per heavy atom. The van der Waals surface area contributed by atoms with E-state index in [1.807, 2.05) is 54.6 Å². The minimum atomic E-state index is -0.236. The molecule has 0 spiro atoms. The molecule has 4 N–H and O–H groups in total. The molecule has 1 heterocycles. The van der Waals surface area contributed by atoms with Crippen molar-refractivity contribution in [1.82, 2.24) is 20.4 Å². The Hall–Kier alpha value is -3.31. The van der Waals surface area contributed by atoms with Gasteiger partial charge in [-0.25, -0.2) is 9.48 Å². The van der Waals surface area contributed by atoms with Crippen molar-refractivity contribution in [3.63, 3.8) is 0 Å². The molecule has 0 saturated carbocycles. The summed E-state index contributed by atoms with van der Waals surface area (Å²) in [5, 5.41) is 19.6. The van der Waals surface area contributed by atoms with Crippen LogP contribution in [-0.2, 0) is 13.0 Å². The molecule has 8 heteroatoms. The number of nitrogens with one attached hydrogen (secondary N) is 2. The van der Waals surface area contributed by atoms with Crippen molar-refractivity contribution in [2.75, 3.05) is 12.3 Å². The highest BCUT2D eigenvalue weighted by Gasteiger charge is 2.16. The Kier molecular flexibility index (Phi) is 6.87. The normalized spacial score (nSPS) is 10.3. The van der Waals surface area contributed by atoms with Crippen LogP contribution in [0.1, 0.15) is 23.2 Å². The Morgan fingerprint density at radius 2 is 1.97 bits per heavy atom. The lowest BCUT2D eigenvalue weighted by atomic mass is 10.1. The summed E-state index contributed by atoms with van der Waals surface area (Å²) in [7, 11) is 0. The summed E-state index contributed by atoms with van der Waals surface area (Å²) in [6.07, 6.45) is 1.18. The highest BCUT2D eigenvalue weighted by molar-refractivity contribution is 9.10. The van der Waals surface area contributed by atoms with Crippen molar-refractivity contribution < 1.29 is 4.79 Å². The van der Waals surface area contributed by atoms with Gasteiger partial charge in [-0.3, -0.25) is 0 Å². The molecule has 7 nitrogen and oxygen atoms in total. The van der Waals surface area contributed by atoms with Crippen LogP contribution < -0.4 is 16.4 Å². The SMILES string of the molecule is N#Cc1c(CCCNC(=O)NCc2cccc(Br)c2)nn(-c2ccccc2)c1N. The number of anilines is 1. The summed E-state index contributed by atoms with van der Waals surface area (Å²) in [5.74, 6) is 0.327. The van der Waals surface area contributed by atoms with E-state index in [1.165, 1.54) is 0 Å². The maximum atomic E-state index is 12.0. The van der Waals surface area contributed by atoms with E-state index in [0.29, 0.717) is 43.0 Å². The number of aryl methyl sites for hydroxylation is 1. The molecule has 0 aliphatic carbocycles. The van der Waals surface area contributed by atoms with Crippen LogP contribution in [0, 0.1) is 11.3 Å². The molecule has 2 amide bonds. The van der Waals surface area contributed by atoms with Crippen molar-refractivity contribution in [3.8, 4) is 11.8 Å². The van der Waals surface area contributed by atoms with Crippen LogP contribution in [-0.4, -0.2) is 22.4 Å². The van der Waals surface area contributed by atoms with E-state index in [4.69, 9.17) is 5.73 Å². The molecular weight excluding hydrogens is 432 g/mol. The number of benzene rings is 2.